The van der Waals surface area contributed by atoms with Crippen LogP contribution < -0.4 is 4.74 Å². The molecular formula is C23H21F4N3O2. The zero-order valence-corrected chi connectivity index (χ0v) is 17.5. The van der Waals surface area contributed by atoms with Gasteiger partial charge >= 0.3 is 6.18 Å². The van der Waals surface area contributed by atoms with Gasteiger partial charge in [-0.1, -0.05) is 6.07 Å². The minimum Gasteiger partial charge on any atom is -0.491 e. The third-order valence-corrected chi connectivity index (χ3v) is 6.18. The van der Waals surface area contributed by atoms with Crippen LogP contribution in [-0.2, 0) is 18.0 Å². The van der Waals surface area contributed by atoms with Crippen LogP contribution in [0.1, 0.15) is 60.5 Å². The van der Waals surface area contributed by atoms with E-state index in [0.29, 0.717) is 36.2 Å². The Bertz CT molecular complexity index is 1210. The Labute approximate surface area is 181 Å². The van der Waals surface area contributed by atoms with Gasteiger partial charge in [0.05, 0.1) is 11.8 Å². The molecule has 168 valence electrons. The molecule has 0 unspecified atom stereocenters. The average Bonchev–Trinajstić information content (AvgIpc) is 3.06. The molecule has 0 spiro atoms. The molecule has 5 nitrogen and oxygen atoms in total. The average molecular weight is 447 g/mol. The second-order valence-corrected chi connectivity index (χ2v) is 9.19. The highest BCUT2D eigenvalue weighted by Gasteiger charge is 2.70. The van der Waals surface area contributed by atoms with Crippen LogP contribution in [0.15, 0.2) is 36.7 Å². The predicted molar refractivity (Wildman–Crippen MR) is 108 cm³/mol. The third-order valence-electron chi connectivity index (χ3n) is 6.18. The standard InChI is InChI=1S/C23H21F4N3O2/c1-13(2)32-17-7-20-29-19(21-10-22(24,11-21)12-21)9-30(20)8-14(17)6-16(31)15-4-3-5-18(28-15)23(25,26)27/h3-5,7-9,13H,6,10-12H2,1-2H3. The third kappa shape index (κ3) is 3.43. The van der Waals surface area contributed by atoms with Gasteiger partial charge in [-0.3, -0.25) is 4.79 Å². The number of halogens is 4. The Morgan fingerprint density at radius 3 is 2.53 bits per heavy atom. The van der Waals surface area contributed by atoms with E-state index in [2.05, 4.69) is 9.97 Å². The van der Waals surface area contributed by atoms with E-state index in [0.717, 1.165) is 11.8 Å². The largest absolute Gasteiger partial charge is 0.491 e. The van der Waals surface area contributed by atoms with Crippen LogP contribution in [0.2, 0.25) is 0 Å². The first-order valence-electron chi connectivity index (χ1n) is 10.4. The van der Waals surface area contributed by atoms with Crippen LogP contribution in [0.4, 0.5) is 17.6 Å². The smallest absolute Gasteiger partial charge is 0.433 e. The van der Waals surface area contributed by atoms with Crippen LogP contribution in [0.3, 0.4) is 0 Å². The van der Waals surface area contributed by atoms with E-state index in [9.17, 15) is 22.4 Å². The van der Waals surface area contributed by atoms with Gasteiger partial charge in [0.2, 0.25) is 0 Å². The number of aromatic nitrogens is 3. The molecule has 0 N–H and O–H groups in total. The van der Waals surface area contributed by atoms with Gasteiger partial charge in [0.1, 0.15) is 28.5 Å². The van der Waals surface area contributed by atoms with E-state index in [1.807, 2.05) is 20.0 Å². The van der Waals surface area contributed by atoms with E-state index in [-0.39, 0.29) is 23.6 Å². The van der Waals surface area contributed by atoms with Crippen LogP contribution >= 0.6 is 0 Å². The lowest BCUT2D eigenvalue weighted by atomic mass is 9.41. The lowest BCUT2D eigenvalue weighted by Gasteiger charge is -2.65. The first-order valence-corrected chi connectivity index (χ1v) is 10.4. The fourth-order valence-corrected chi connectivity index (χ4v) is 4.76. The zero-order chi connectivity index (χ0) is 22.9. The SMILES string of the molecule is CC(C)Oc1cc2nc(C34CC(F)(C3)C4)cn2cc1CC(=O)c1cccc(C(F)(F)F)n1. The summed E-state index contributed by atoms with van der Waals surface area (Å²) in [6.07, 6.45) is -0.0258. The zero-order valence-electron chi connectivity index (χ0n) is 17.5. The Balaban J connectivity index is 1.47. The van der Waals surface area contributed by atoms with E-state index < -0.39 is 23.3 Å². The molecule has 3 aliphatic rings. The normalized spacial score (nSPS) is 24.3. The molecule has 3 saturated carbocycles. The second-order valence-electron chi connectivity index (χ2n) is 9.19. The number of imidazole rings is 1. The number of ketones is 1. The molecule has 0 aromatic carbocycles. The number of rotatable bonds is 6. The van der Waals surface area contributed by atoms with Crippen molar-refractivity contribution in [1.82, 2.24) is 14.4 Å². The molecule has 6 rings (SSSR count). The molecule has 3 fully saturated rings. The van der Waals surface area contributed by atoms with Crippen LogP contribution in [0.25, 0.3) is 5.65 Å². The van der Waals surface area contributed by atoms with Crippen LogP contribution in [0, 0.1) is 0 Å². The van der Waals surface area contributed by atoms with Gasteiger partial charge in [-0.2, -0.15) is 13.2 Å². The highest BCUT2D eigenvalue weighted by Crippen LogP contribution is 2.69. The Morgan fingerprint density at radius 2 is 1.91 bits per heavy atom. The number of hydrogen-bond donors (Lipinski definition) is 0. The van der Waals surface area contributed by atoms with E-state index in [1.165, 1.54) is 12.1 Å². The molecule has 0 amide bonds. The number of pyridine rings is 2. The summed E-state index contributed by atoms with van der Waals surface area (Å²) in [6, 6.07) is 4.98. The van der Waals surface area contributed by atoms with Gasteiger partial charge in [-0.05, 0) is 45.2 Å². The number of carbonyl (C=O) groups is 1. The molecule has 3 aromatic heterocycles. The molecule has 2 bridgehead atoms. The molecule has 3 aromatic rings. The molecule has 0 radical (unpaired) electrons. The van der Waals surface area contributed by atoms with Gasteiger partial charge in [0.25, 0.3) is 0 Å². The fraction of sp³-hybridized carbons (Fsp3) is 0.435. The minimum atomic E-state index is -4.63. The molecule has 0 saturated heterocycles. The monoisotopic (exact) mass is 447 g/mol. The lowest BCUT2D eigenvalue weighted by molar-refractivity contribution is -0.159. The van der Waals surface area contributed by atoms with Crippen molar-refractivity contribution in [3.05, 3.63) is 59.3 Å². The first-order chi connectivity index (χ1) is 15.0. The van der Waals surface area contributed by atoms with Crippen molar-refractivity contribution in [2.75, 3.05) is 0 Å². The van der Waals surface area contributed by atoms with Gasteiger partial charge in [0, 0.05) is 35.9 Å². The number of nitrogens with zero attached hydrogens (tertiary/aromatic N) is 3. The molecule has 32 heavy (non-hydrogen) atoms. The summed E-state index contributed by atoms with van der Waals surface area (Å²) >= 11 is 0. The van der Waals surface area contributed by atoms with Gasteiger partial charge in [-0.25, -0.2) is 14.4 Å². The van der Waals surface area contributed by atoms with Crippen LogP contribution in [0.5, 0.6) is 5.75 Å². The topological polar surface area (TPSA) is 56.5 Å². The Hall–Kier alpha value is -2.97. The first kappa shape index (κ1) is 20.9. The van der Waals surface area contributed by atoms with Gasteiger partial charge < -0.3 is 9.14 Å². The minimum absolute atomic E-state index is 0.182. The molecule has 0 aliphatic heterocycles. The van der Waals surface area contributed by atoms with Crippen molar-refractivity contribution >= 4 is 11.4 Å². The van der Waals surface area contributed by atoms with Crippen molar-refractivity contribution in [3.8, 4) is 5.75 Å². The van der Waals surface area contributed by atoms with Crippen molar-refractivity contribution < 1.29 is 27.1 Å². The highest BCUT2D eigenvalue weighted by atomic mass is 19.4. The molecule has 3 aliphatic carbocycles. The maximum atomic E-state index is 14.0. The summed E-state index contributed by atoms with van der Waals surface area (Å²) in [5.41, 5.74) is -0.685. The molecule has 3 heterocycles. The van der Waals surface area contributed by atoms with Crippen molar-refractivity contribution in [3.63, 3.8) is 0 Å². The van der Waals surface area contributed by atoms with E-state index in [1.54, 1.807) is 16.7 Å². The maximum absolute atomic E-state index is 14.0. The fourth-order valence-electron chi connectivity index (χ4n) is 4.76. The van der Waals surface area contributed by atoms with Crippen molar-refractivity contribution in [1.29, 1.82) is 0 Å². The second kappa shape index (κ2) is 6.76. The lowest BCUT2D eigenvalue weighted by Crippen LogP contribution is -2.67. The van der Waals surface area contributed by atoms with Gasteiger partial charge in [-0.15, -0.1) is 0 Å². The van der Waals surface area contributed by atoms with Crippen LogP contribution in [-0.4, -0.2) is 31.9 Å². The Morgan fingerprint density at radius 1 is 1.19 bits per heavy atom. The number of Topliss-reactive ketones (excluding diaryl/α,β-unsaturated/α-hetero) is 1. The number of alkyl halides is 4. The Kier molecular flexibility index (Phi) is 4.42. The highest BCUT2D eigenvalue weighted by molar-refractivity contribution is 5.96. The summed E-state index contributed by atoms with van der Waals surface area (Å²) < 4.78 is 60.5. The number of hydrogen-bond acceptors (Lipinski definition) is 4. The van der Waals surface area contributed by atoms with Gasteiger partial charge in [0.15, 0.2) is 5.78 Å². The van der Waals surface area contributed by atoms with E-state index in [4.69, 9.17) is 4.74 Å². The quantitative estimate of drug-likeness (QED) is 0.390. The number of fused-ring (bicyclic) bond motifs is 1. The molecular weight excluding hydrogens is 426 g/mol. The number of carbonyl (C=O) groups excluding carboxylic acids is 1. The van der Waals surface area contributed by atoms with Crippen molar-refractivity contribution in [2.24, 2.45) is 0 Å². The predicted octanol–water partition coefficient (Wildman–Crippen LogP) is 5.10. The summed E-state index contributed by atoms with van der Waals surface area (Å²) in [4.78, 5) is 20.9. The maximum Gasteiger partial charge on any atom is 0.433 e. The number of ether oxygens (including phenoxy) is 1. The summed E-state index contributed by atoms with van der Waals surface area (Å²) in [7, 11) is 0. The molecule has 0 atom stereocenters. The summed E-state index contributed by atoms with van der Waals surface area (Å²) in [5.74, 6) is -0.118. The van der Waals surface area contributed by atoms with Crippen molar-refractivity contribution in [2.45, 2.75) is 62.9 Å². The van der Waals surface area contributed by atoms with E-state index >= 15 is 0 Å². The molecule has 9 heteroatoms. The summed E-state index contributed by atoms with van der Waals surface area (Å²) in [6.45, 7) is 3.67. The summed E-state index contributed by atoms with van der Waals surface area (Å²) in [5, 5.41) is 0.